The summed E-state index contributed by atoms with van der Waals surface area (Å²) in [5, 5.41) is 0. The third-order valence-corrected chi connectivity index (χ3v) is 2.06. The number of aliphatic imine (C=N–C) groups is 1. The highest BCUT2D eigenvalue weighted by Crippen LogP contribution is 2.50. The Hall–Kier alpha value is -0.590. The van der Waals surface area contributed by atoms with Gasteiger partial charge in [0.25, 0.3) is 0 Å². The summed E-state index contributed by atoms with van der Waals surface area (Å²) in [6.45, 7) is 2.25. The van der Waals surface area contributed by atoms with Gasteiger partial charge >= 0.3 is 0 Å². The zero-order valence-electron chi connectivity index (χ0n) is 4.96. The molecule has 1 heterocycles. The number of hydrogen-bond acceptors (Lipinski definition) is 1. The van der Waals surface area contributed by atoms with E-state index in [2.05, 4.69) is 18.0 Å². The van der Waals surface area contributed by atoms with Crippen LogP contribution in [0.4, 0.5) is 0 Å². The van der Waals surface area contributed by atoms with Crippen molar-refractivity contribution < 1.29 is 0 Å². The summed E-state index contributed by atoms with van der Waals surface area (Å²) >= 11 is 0. The first-order valence-corrected chi connectivity index (χ1v) is 3.02. The summed E-state index contributed by atoms with van der Waals surface area (Å²) in [5.41, 5.74) is 0.467. The fourth-order valence-electron chi connectivity index (χ4n) is 1.18. The Bertz CT molecular complexity index is 169. The maximum absolute atomic E-state index is 4.26. The van der Waals surface area contributed by atoms with E-state index < -0.39 is 0 Å². The standard InChI is InChI=1S/C7H9N/c1-7-3-2-4-8-6(7)5-7/h2-4,6H,5H2,1H3. The zero-order valence-corrected chi connectivity index (χ0v) is 4.96. The molecule has 0 saturated heterocycles. The summed E-state index contributed by atoms with van der Waals surface area (Å²) < 4.78 is 0. The lowest BCUT2D eigenvalue weighted by Gasteiger charge is -2.02. The van der Waals surface area contributed by atoms with Crippen molar-refractivity contribution in [2.45, 2.75) is 19.4 Å². The Labute approximate surface area is 49.1 Å². The van der Waals surface area contributed by atoms with Gasteiger partial charge in [0.15, 0.2) is 0 Å². The number of nitrogens with zero attached hydrogens (tertiary/aromatic N) is 1. The van der Waals surface area contributed by atoms with Crippen molar-refractivity contribution in [1.29, 1.82) is 0 Å². The van der Waals surface area contributed by atoms with Crippen molar-refractivity contribution in [3.8, 4) is 0 Å². The van der Waals surface area contributed by atoms with Crippen molar-refractivity contribution in [3.05, 3.63) is 12.2 Å². The molecule has 0 bridgehead atoms. The van der Waals surface area contributed by atoms with E-state index in [9.17, 15) is 0 Å². The quantitative estimate of drug-likeness (QED) is 0.443. The Balaban J connectivity index is 2.33. The molecule has 1 fully saturated rings. The lowest BCUT2D eigenvalue weighted by atomic mass is 10.1. The molecular weight excluding hydrogens is 98.1 g/mol. The molecule has 1 heteroatoms. The van der Waals surface area contributed by atoms with Crippen molar-refractivity contribution in [2.75, 3.05) is 0 Å². The predicted molar refractivity (Wildman–Crippen MR) is 34.1 cm³/mol. The molecule has 2 rings (SSSR count). The lowest BCUT2D eigenvalue weighted by Crippen LogP contribution is -1.98. The molecule has 1 aliphatic carbocycles. The van der Waals surface area contributed by atoms with Gasteiger partial charge in [-0.2, -0.15) is 0 Å². The highest BCUT2D eigenvalue weighted by Gasteiger charge is 2.48. The van der Waals surface area contributed by atoms with Crippen LogP contribution in [0.3, 0.4) is 0 Å². The smallest absolute Gasteiger partial charge is 0.0597 e. The molecule has 42 valence electrons. The molecule has 8 heavy (non-hydrogen) atoms. The molecule has 0 aromatic rings. The summed E-state index contributed by atoms with van der Waals surface area (Å²) in [7, 11) is 0. The molecule has 1 aliphatic heterocycles. The maximum Gasteiger partial charge on any atom is 0.0597 e. The summed E-state index contributed by atoms with van der Waals surface area (Å²) in [5.74, 6) is 0. The fraction of sp³-hybridized carbons (Fsp3) is 0.571. The molecule has 0 amide bonds. The van der Waals surface area contributed by atoms with E-state index in [1.54, 1.807) is 0 Å². The van der Waals surface area contributed by atoms with Crippen molar-refractivity contribution in [3.63, 3.8) is 0 Å². The van der Waals surface area contributed by atoms with Gasteiger partial charge in [0, 0.05) is 11.6 Å². The van der Waals surface area contributed by atoms with Gasteiger partial charge < -0.3 is 0 Å². The lowest BCUT2D eigenvalue weighted by molar-refractivity contribution is 0.700. The van der Waals surface area contributed by atoms with Crippen LogP contribution < -0.4 is 0 Å². The first-order chi connectivity index (χ1) is 3.81. The Morgan fingerprint density at radius 1 is 1.75 bits per heavy atom. The van der Waals surface area contributed by atoms with Crippen LogP contribution in [0, 0.1) is 5.41 Å². The summed E-state index contributed by atoms with van der Waals surface area (Å²) in [6.07, 6.45) is 7.47. The normalized spacial score (nSPS) is 48.9. The van der Waals surface area contributed by atoms with Crippen LogP contribution in [0.25, 0.3) is 0 Å². The van der Waals surface area contributed by atoms with E-state index in [-0.39, 0.29) is 0 Å². The molecule has 0 spiro atoms. The van der Waals surface area contributed by atoms with Crippen LogP contribution in [0.1, 0.15) is 13.3 Å². The minimum absolute atomic E-state index is 0.467. The molecular formula is C7H9N. The van der Waals surface area contributed by atoms with Crippen molar-refractivity contribution in [1.82, 2.24) is 0 Å². The molecule has 2 unspecified atom stereocenters. The van der Waals surface area contributed by atoms with Gasteiger partial charge in [-0.25, -0.2) is 0 Å². The van der Waals surface area contributed by atoms with Crippen LogP contribution in [-0.2, 0) is 0 Å². The van der Waals surface area contributed by atoms with Gasteiger partial charge in [0.2, 0.25) is 0 Å². The molecule has 2 atom stereocenters. The van der Waals surface area contributed by atoms with E-state index in [1.807, 2.05) is 12.3 Å². The van der Waals surface area contributed by atoms with Crippen LogP contribution in [0.2, 0.25) is 0 Å². The average Bonchev–Trinajstić information content (AvgIpc) is 2.39. The van der Waals surface area contributed by atoms with Gasteiger partial charge in [0.1, 0.15) is 0 Å². The Kier molecular flexibility index (Phi) is 0.561. The van der Waals surface area contributed by atoms with E-state index in [4.69, 9.17) is 0 Å². The number of hydrogen-bond donors (Lipinski definition) is 0. The minimum Gasteiger partial charge on any atom is -0.289 e. The van der Waals surface area contributed by atoms with Gasteiger partial charge in [0.05, 0.1) is 6.04 Å². The first kappa shape index (κ1) is 4.30. The number of rotatable bonds is 0. The molecule has 1 saturated carbocycles. The molecule has 0 N–H and O–H groups in total. The van der Waals surface area contributed by atoms with Crippen molar-refractivity contribution >= 4 is 6.21 Å². The highest BCUT2D eigenvalue weighted by molar-refractivity contribution is 5.73. The minimum atomic E-state index is 0.467. The highest BCUT2D eigenvalue weighted by atomic mass is 14.9. The maximum atomic E-state index is 4.26. The third kappa shape index (κ3) is 0.391. The van der Waals surface area contributed by atoms with Gasteiger partial charge in [-0.3, -0.25) is 4.99 Å². The molecule has 0 aromatic heterocycles. The van der Waals surface area contributed by atoms with Crippen LogP contribution in [0.15, 0.2) is 17.1 Å². The van der Waals surface area contributed by atoms with Gasteiger partial charge in [-0.05, 0) is 12.5 Å². The third-order valence-electron chi connectivity index (χ3n) is 2.06. The van der Waals surface area contributed by atoms with E-state index in [0.717, 1.165) is 0 Å². The Morgan fingerprint density at radius 2 is 2.62 bits per heavy atom. The second kappa shape index (κ2) is 1.04. The summed E-state index contributed by atoms with van der Waals surface area (Å²) in [6, 6.07) is 0.632. The topological polar surface area (TPSA) is 12.4 Å². The van der Waals surface area contributed by atoms with Crippen LogP contribution >= 0.6 is 0 Å². The molecule has 2 aliphatic rings. The molecule has 0 aromatic carbocycles. The van der Waals surface area contributed by atoms with Crippen LogP contribution in [-0.4, -0.2) is 12.3 Å². The fourth-order valence-corrected chi connectivity index (χ4v) is 1.18. The van der Waals surface area contributed by atoms with Gasteiger partial charge in [-0.1, -0.05) is 13.0 Å². The Morgan fingerprint density at radius 3 is 3.12 bits per heavy atom. The van der Waals surface area contributed by atoms with E-state index in [1.165, 1.54) is 6.42 Å². The summed E-state index contributed by atoms with van der Waals surface area (Å²) in [4.78, 5) is 4.26. The van der Waals surface area contributed by atoms with Crippen LogP contribution in [0.5, 0.6) is 0 Å². The number of fused-ring (bicyclic) bond motifs is 1. The number of allylic oxidation sites excluding steroid dienone is 1. The first-order valence-electron chi connectivity index (χ1n) is 3.02. The molecule has 1 nitrogen and oxygen atoms in total. The molecule has 0 radical (unpaired) electrons. The second-order valence-electron chi connectivity index (χ2n) is 2.88. The monoisotopic (exact) mass is 107 g/mol. The largest absolute Gasteiger partial charge is 0.289 e. The van der Waals surface area contributed by atoms with E-state index in [0.29, 0.717) is 11.5 Å². The SMILES string of the molecule is CC12C=CC=NC1C2. The average molecular weight is 107 g/mol. The second-order valence-corrected chi connectivity index (χ2v) is 2.88. The van der Waals surface area contributed by atoms with Gasteiger partial charge in [-0.15, -0.1) is 0 Å². The predicted octanol–water partition coefficient (Wildman–Crippen LogP) is 1.41. The number of dihydropyridines is 1. The van der Waals surface area contributed by atoms with E-state index >= 15 is 0 Å². The van der Waals surface area contributed by atoms with Crippen molar-refractivity contribution in [2.24, 2.45) is 10.4 Å². The zero-order chi connectivity index (χ0) is 5.61.